The quantitative estimate of drug-likeness (QED) is 0.493. The number of benzene rings is 2. The molecule has 0 aromatic heterocycles. The third-order valence-corrected chi connectivity index (χ3v) is 6.53. The fraction of sp³-hybridized carbons (Fsp3) is 0.409. The Morgan fingerprint density at radius 2 is 1.73 bits per heavy atom. The molecule has 30 heavy (non-hydrogen) atoms. The highest BCUT2D eigenvalue weighted by Crippen LogP contribution is 2.22. The van der Waals surface area contributed by atoms with E-state index in [1.807, 2.05) is 45.0 Å². The predicted octanol–water partition coefficient (Wildman–Crippen LogP) is 3.03. The van der Waals surface area contributed by atoms with E-state index in [-0.39, 0.29) is 49.0 Å². The molecule has 3 rings (SSSR count). The molecule has 1 fully saturated rings. The maximum atomic E-state index is 13.0. The van der Waals surface area contributed by atoms with Crippen molar-refractivity contribution in [2.45, 2.75) is 37.9 Å². The van der Waals surface area contributed by atoms with Gasteiger partial charge in [-0.05, 0) is 51.1 Å². The monoisotopic (exact) mass is 433 g/mol. The number of esters is 1. The highest BCUT2D eigenvalue weighted by Gasteiger charge is 2.32. The molecule has 0 spiro atoms. The first kappa shape index (κ1) is 22.3. The van der Waals surface area contributed by atoms with Crippen LogP contribution in [0.3, 0.4) is 0 Å². The van der Waals surface area contributed by atoms with Gasteiger partial charge in [0, 0.05) is 13.1 Å². The summed E-state index contributed by atoms with van der Waals surface area (Å²) in [5.74, 6) is 0.0991. The third kappa shape index (κ3) is 5.59. The van der Waals surface area contributed by atoms with E-state index in [9.17, 15) is 13.2 Å². The zero-order valence-electron chi connectivity index (χ0n) is 17.4. The Labute approximate surface area is 177 Å². The van der Waals surface area contributed by atoms with Gasteiger partial charge in [-0.25, -0.2) is 13.2 Å². The number of carbonyl (C=O) groups excluding carboxylic acids is 1. The molecule has 2 aromatic rings. The van der Waals surface area contributed by atoms with Crippen molar-refractivity contribution in [1.82, 2.24) is 4.31 Å². The van der Waals surface area contributed by atoms with Gasteiger partial charge in [-0.2, -0.15) is 4.31 Å². The number of rotatable bonds is 7. The zero-order chi connectivity index (χ0) is 21.7. The van der Waals surface area contributed by atoms with Gasteiger partial charge in [-0.3, -0.25) is 0 Å². The van der Waals surface area contributed by atoms with Gasteiger partial charge in [0.1, 0.15) is 19.0 Å². The molecule has 0 amide bonds. The van der Waals surface area contributed by atoms with Crippen LogP contribution in [0, 0.1) is 6.92 Å². The minimum Gasteiger partial charge on any atom is -0.490 e. The van der Waals surface area contributed by atoms with Crippen molar-refractivity contribution >= 4 is 16.0 Å². The first-order valence-electron chi connectivity index (χ1n) is 9.88. The van der Waals surface area contributed by atoms with Crippen LogP contribution in [0.4, 0.5) is 0 Å². The van der Waals surface area contributed by atoms with E-state index in [0.29, 0.717) is 5.75 Å². The van der Waals surface area contributed by atoms with E-state index in [0.717, 1.165) is 5.56 Å². The zero-order valence-corrected chi connectivity index (χ0v) is 18.2. The van der Waals surface area contributed by atoms with Crippen LogP contribution < -0.4 is 4.74 Å². The molecule has 7 nitrogen and oxygen atoms in total. The number of carbonyl (C=O) groups is 1. The van der Waals surface area contributed by atoms with Gasteiger partial charge in [0.25, 0.3) is 0 Å². The molecule has 1 aliphatic rings. The smallest absolute Gasteiger partial charge is 0.338 e. The van der Waals surface area contributed by atoms with Crippen molar-refractivity contribution in [2.24, 2.45) is 0 Å². The molecule has 8 heteroatoms. The maximum absolute atomic E-state index is 13.0. The molecule has 0 saturated carbocycles. The summed E-state index contributed by atoms with van der Waals surface area (Å²) in [6, 6.07) is 13.5. The van der Waals surface area contributed by atoms with Gasteiger partial charge in [0.05, 0.1) is 22.7 Å². The molecule has 1 saturated heterocycles. The molecule has 2 aromatic carbocycles. The molecular formula is C22H27NO6S. The molecule has 1 heterocycles. The second kappa shape index (κ2) is 9.59. The number of morpholine rings is 1. The van der Waals surface area contributed by atoms with Gasteiger partial charge in [0.2, 0.25) is 10.0 Å². The molecule has 0 bridgehead atoms. The lowest BCUT2D eigenvalue weighted by atomic mass is 10.2. The third-order valence-electron chi connectivity index (χ3n) is 4.70. The lowest BCUT2D eigenvalue weighted by Gasteiger charge is -2.34. The van der Waals surface area contributed by atoms with Gasteiger partial charge in [-0.15, -0.1) is 0 Å². The van der Waals surface area contributed by atoms with Crippen molar-refractivity contribution in [2.75, 3.05) is 26.3 Å². The summed E-state index contributed by atoms with van der Waals surface area (Å²) in [4.78, 5) is 12.4. The molecule has 162 valence electrons. The van der Waals surface area contributed by atoms with Gasteiger partial charge >= 0.3 is 5.97 Å². The van der Waals surface area contributed by atoms with Crippen molar-refractivity contribution in [3.8, 4) is 5.75 Å². The van der Waals surface area contributed by atoms with E-state index < -0.39 is 16.0 Å². The van der Waals surface area contributed by atoms with Crippen LogP contribution in [0.25, 0.3) is 0 Å². The molecule has 0 N–H and O–H groups in total. The van der Waals surface area contributed by atoms with Gasteiger partial charge in [-0.1, -0.05) is 23.8 Å². The van der Waals surface area contributed by atoms with E-state index >= 15 is 0 Å². The number of nitrogens with zero attached hydrogens (tertiary/aromatic N) is 1. The van der Waals surface area contributed by atoms with E-state index in [4.69, 9.17) is 14.2 Å². The molecule has 2 atom stereocenters. The standard InChI is InChI=1S/C22H27NO6S/c1-16-7-9-20(10-8-16)27-11-12-28-22(24)19-5-4-6-21(13-19)30(25,26)23-14-17(2)29-18(3)15-23/h4-10,13,17-18H,11-12,14-15H2,1-3H3. The number of aryl methyl sites for hydroxylation is 1. The second-order valence-electron chi connectivity index (χ2n) is 7.40. The minimum absolute atomic E-state index is 0.0577. The number of hydrogen-bond donors (Lipinski definition) is 0. The summed E-state index contributed by atoms with van der Waals surface area (Å²) in [7, 11) is -3.73. The topological polar surface area (TPSA) is 82.1 Å². The number of ether oxygens (including phenoxy) is 3. The molecule has 1 aliphatic heterocycles. The molecule has 2 unspecified atom stereocenters. The Bertz CT molecular complexity index is 963. The number of sulfonamides is 1. The van der Waals surface area contributed by atoms with Crippen LogP contribution in [-0.2, 0) is 19.5 Å². The summed E-state index contributed by atoms with van der Waals surface area (Å²) in [6.07, 6.45) is -0.379. The number of hydrogen-bond acceptors (Lipinski definition) is 6. The van der Waals surface area contributed by atoms with E-state index in [2.05, 4.69) is 0 Å². The average molecular weight is 434 g/mol. The van der Waals surface area contributed by atoms with Gasteiger partial charge < -0.3 is 14.2 Å². The summed E-state index contributed by atoms with van der Waals surface area (Å²) in [5.41, 5.74) is 1.31. The normalized spacial score (nSPS) is 20.0. The van der Waals surface area contributed by atoms with Crippen LogP contribution in [-0.4, -0.2) is 57.2 Å². The van der Waals surface area contributed by atoms with Gasteiger partial charge in [0.15, 0.2) is 0 Å². The molecule has 0 aliphatic carbocycles. The second-order valence-corrected chi connectivity index (χ2v) is 9.34. The van der Waals surface area contributed by atoms with Crippen LogP contribution in [0.1, 0.15) is 29.8 Å². The Morgan fingerprint density at radius 3 is 2.40 bits per heavy atom. The van der Waals surface area contributed by atoms with Crippen LogP contribution in [0.2, 0.25) is 0 Å². The largest absolute Gasteiger partial charge is 0.490 e. The molecular weight excluding hydrogens is 406 g/mol. The Balaban J connectivity index is 1.60. The van der Waals surface area contributed by atoms with Crippen molar-refractivity contribution in [1.29, 1.82) is 0 Å². The Kier molecular flexibility index (Phi) is 7.12. The average Bonchev–Trinajstić information content (AvgIpc) is 2.71. The SMILES string of the molecule is Cc1ccc(OCCOC(=O)c2cccc(S(=O)(=O)N3CC(C)OC(C)C3)c2)cc1. The van der Waals surface area contributed by atoms with Crippen molar-refractivity contribution in [3.63, 3.8) is 0 Å². The first-order valence-corrected chi connectivity index (χ1v) is 11.3. The highest BCUT2D eigenvalue weighted by atomic mass is 32.2. The van der Waals surface area contributed by atoms with Crippen LogP contribution in [0.15, 0.2) is 53.4 Å². The maximum Gasteiger partial charge on any atom is 0.338 e. The highest BCUT2D eigenvalue weighted by molar-refractivity contribution is 7.89. The minimum atomic E-state index is -3.73. The Morgan fingerprint density at radius 1 is 1.07 bits per heavy atom. The van der Waals surface area contributed by atoms with Crippen LogP contribution >= 0.6 is 0 Å². The fourth-order valence-electron chi connectivity index (χ4n) is 3.27. The van der Waals surface area contributed by atoms with Crippen molar-refractivity contribution in [3.05, 3.63) is 59.7 Å². The fourth-order valence-corrected chi connectivity index (χ4v) is 4.91. The first-order chi connectivity index (χ1) is 14.3. The van der Waals surface area contributed by atoms with E-state index in [1.165, 1.54) is 22.5 Å². The summed E-state index contributed by atoms with van der Waals surface area (Å²) >= 11 is 0. The summed E-state index contributed by atoms with van der Waals surface area (Å²) < 4.78 is 43.8. The van der Waals surface area contributed by atoms with E-state index in [1.54, 1.807) is 6.07 Å². The Hall–Kier alpha value is -2.42. The van der Waals surface area contributed by atoms with Crippen molar-refractivity contribution < 1.29 is 27.4 Å². The summed E-state index contributed by atoms with van der Waals surface area (Å²) in [6.45, 7) is 6.48. The lowest BCUT2D eigenvalue weighted by molar-refractivity contribution is -0.0440. The van der Waals surface area contributed by atoms with Crippen LogP contribution in [0.5, 0.6) is 5.75 Å². The summed E-state index contributed by atoms with van der Waals surface area (Å²) in [5, 5.41) is 0. The predicted molar refractivity (Wildman–Crippen MR) is 112 cm³/mol. The lowest BCUT2D eigenvalue weighted by Crippen LogP contribution is -2.48. The molecule has 0 radical (unpaired) electrons.